The van der Waals surface area contributed by atoms with E-state index < -0.39 is 0 Å². The summed E-state index contributed by atoms with van der Waals surface area (Å²) in [6.07, 6.45) is 3.42. The molecule has 0 unspecified atom stereocenters. The van der Waals surface area contributed by atoms with Gasteiger partial charge in [-0.1, -0.05) is 0 Å². The van der Waals surface area contributed by atoms with Crippen molar-refractivity contribution in [1.29, 1.82) is 0 Å². The van der Waals surface area contributed by atoms with E-state index in [1.807, 2.05) is 0 Å². The molecule has 2 aromatic rings. The van der Waals surface area contributed by atoms with Crippen molar-refractivity contribution in [3.05, 3.63) is 42.1 Å². The molecule has 1 aliphatic heterocycles. The molecule has 1 N–H and O–H groups in total. The molecule has 2 aromatic heterocycles. The van der Waals surface area contributed by atoms with Crippen LogP contribution in [0.1, 0.15) is 16.2 Å². The van der Waals surface area contributed by atoms with Gasteiger partial charge in [-0.15, -0.1) is 0 Å². The van der Waals surface area contributed by atoms with E-state index >= 15 is 0 Å². The third kappa shape index (κ3) is 2.96. The molecule has 3 heterocycles. The summed E-state index contributed by atoms with van der Waals surface area (Å²) in [6.45, 7) is 2.13. The largest absolute Gasteiger partial charge is 0.459 e. The number of aromatic amines is 1. The number of aromatic nitrogens is 2. The lowest BCUT2D eigenvalue weighted by molar-refractivity contribution is -0.132. The van der Waals surface area contributed by atoms with Gasteiger partial charge in [-0.05, 0) is 18.2 Å². The topological polar surface area (TPSA) is 82.4 Å². The summed E-state index contributed by atoms with van der Waals surface area (Å²) in [7, 11) is 0. The van der Waals surface area contributed by atoms with E-state index in [1.165, 1.54) is 6.26 Å². The Morgan fingerprint density at radius 2 is 1.95 bits per heavy atom. The Hall–Kier alpha value is -2.57. The summed E-state index contributed by atoms with van der Waals surface area (Å²) in [6, 6.07) is 5.13. The highest BCUT2D eigenvalue weighted by Gasteiger charge is 2.26. The Labute approximate surface area is 121 Å². The van der Waals surface area contributed by atoms with Crippen molar-refractivity contribution in [2.75, 3.05) is 26.2 Å². The van der Waals surface area contributed by atoms with Crippen LogP contribution >= 0.6 is 0 Å². The number of nitrogens with one attached hydrogen (secondary N) is 1. The molecule has 0 atom stereocenters. The molecule has 0 saturated carbocycles. The van der Waals surface area contributed by atoms with E-state index in [2.05, 4.69) is 10.2 Å². The SMILES string of the molecule is O=C(Cc1ccn[nH]1)N1CCN(C(=O)c2ccco2)CC1. The second-order valence-corrected chi connectivity index (χ2v) is 4.91. The Bertz CT molecular complexity index is 598. The van der Waals surface area contributed by atoms with Gasteiger partial charge >= 0.3 is 0 Å². The minimum atomic E-state index is -0.124. The lowest BCUT2D eigenvalue weighted by Crippen LogP contribution is -2.50. The first-order chi connectivity index (χ1) is 10.2. The number of rotatable bonds is 3. The predicted octanol–water partition coefficient (Wildman–Crippen LogP) is 0.530. The van der Waals surface area contributed by atoms with Crippen LogP contribution in [0.4, 0.5) is 0 Å². The molecule has 7 heteroatoms. The minimum absolute atomic E-state index is 0.0457. The fourth-order valence-corrected chi connectivity index (χ4v) is 2.37. The highest BCUT2D eigenvalue weighted by molar-refractivity contribution is 5.91. The van der Waals surface area contributed by atoms with Crippen molar-refractivity contribution < 1.29 is 14.0 Å². The maximum atomic E-state index is 12.1. The van der Waals surface area contributed by atoms with Gasteiger partial charge in [-0.25, -0.2) is 0 Å². The Morgan fingerprint density at radius 1 is 1.19 bits per heavy atom. The molecule has 0 spiro atoms. The van der Waals surface area contributed by atoms with Crippen LogP contribution in [0.15, 0.2) is 35.1 Å². The van der Waals surface area contributed by atoms with Crippen LogP contribution in [0.5, 0.6) is 0 Å². The van der Waals surface area contributed by atoms with Crippen LogP contribution < -0.4 is 0 Å². The van der Waals surface area contributed by atoms with Gasteiger partial charge in [0.25, 0.3) is 5.91 Å². The molecule has 0 aromatic carbocycles. The maximum Gasteiger partial charge on any atom is 0.289 e. The van der Waals surface area contributed by atoms with Crippen molar-refractivity contribution >= 4 is 11.8 Å². The number of carbonyl (C=O) groups excluding carboxylic acids is 2. The average molecular weight is 288 g/mol. The number of hydrogen-bond acceptors (Lipinski definition) is 4. The second-order valence-electron chi connectivity index (χ2n) is 4.91. The molecule has 1 aliphatic rings. The van der Waals surface area contributed by atoms with Gasteiger partial charge in [-0.3, -0.25) is 14.7 Å². The van der Waals surface area contributed by atoms with E-state index in [1.54, 1.807) is 34.2 Å². The predicted molar refractivity (Wildman–Crippen MR) is 73.5 cm³/mol. The number of piperazine rings is 1. The lowest BCUT2D eigenvalue weighted by Gasteiger charge is -2.34. The second kappa shape index (κ2) is 5.82. The van der Waals surface area contributed by atoms with Crippen LogP contribution in [0.2, 0.25) is 0 Å². The van der Waals surface area contributed by atoms with Gasteiger partial charge in [0, 0.05) is 38.1 Å². The molecular weight excluding hydrogens is 272 g/mol. The van der Waals surface area contributed by atoms with Crippen LogP contribution in [-0.4, -0.2) is 58.0 Å². The summed E-state index contributed by atoms with van der Waals surface area (Å²) < 4.78 is 5.11. The number of amides is 2. The smallest absolute Gasteiger partial charge is 0.289 e. The molecule has 1 fully saturated rings. The van der Waals surface area contributed by atoms with E-state index in [4.69, 9.17) is 4.42 Å². The Kier molecular flexibility index (Phi) is 3.72. The zero-order valence-electron chi connectivity index (χ0n) is 11.5. The van der Waals surface area contributed by atoms with Crippen molar-refractivity contribution in [3.63, 3.8) is 0 Å². The Morgan fingerprint density at radius 3 is 2.57 bits per heavy atom. The molecule has 21 heavy (non-hydrogen) atoms. The zero-order valence-corrected chi connectivity index (χ0v) is 11.5. The summed E-state index contributed by atoms with van der Waals surface area (Å²) in [4.78, 5) is 27.7. The summed E-state index contributed by atoms with van der Waals surface area (Å²) in [5.41, 5.74) is 0.800. The lowest BCUT2D eigenvalue weighted by atomic mass is 10.2. The molecule has 0 aliphatic carbocycles. The van der Waals surface area contributed by atoms with E-state index in [0.717, 1.165) is 5.69 Å². The maximum absolute atomic E-state index is 12.1. The number of nitrogens with zero attached hydrogens (tertiary/aromatic N) is 3. The summed E-state index contributed by atoms with van der Waals surface area (Å²) >= 11 is 0. The van der Waals surface area contributed by atoms with E-state index in [-0.39, 0.29) is 11.8 Å². The van der Waals surface area contributed by atoms with Gasteiger partial charge in [0.05, 0.1) is 12.7 Å². The normalized spacial score (nSPS) is 15.2. The number of H-pyrrole nitrogens is 1. The van der Waals surface area contributed by atoms with Gasteiger partial charge in [-0.2, -0.15) is 5.10 Å². The number of carbonyl (C=O) groups is 2. The van der Waals surface area contributed by atoms with Crippen LogP contribution in [0.25, 0.3) is 0 Å². The molecule has 0 bridgehead atoms. The highest BCUT2D eigenvalue weighted by Crippen LogP contribution is 2.10. The van der Waals surface area contributed by atoms with E-state index in [9.17, 15) is 9.59 Å². The van der Waals surface area contributed by atoms with Gasteiger partial charge in [0.2, 0.25) is 5.91 Å². The van der Waals surface area contributed by atoms with Crippen molar-refractivity contribution in [2.24, 2.45) is 0 Å². The molecular formula is C14H16N4O3. The molecule has 3 rings (SSSR count). The standard InChI is InChI=1S/C14H16N4O3/c19-13(10-11-3-4-15-16-11)17-5-7-18(8-6-17)14(20)12-2-1-9-21-12/h1-4,9H,5-8,10H2,(H,15,16). The molecule has 1 saturated heterocycles. The van der Waals surface area contributed by atoms with Gasteiger partial charge in [0.1, 0.15) is 0 Å². The fourth-order valence-electron chi connectivity index (χ4n) is 2.37. The molecule has 0 radical (unpaired) electrons. The first-order valence-electron chi connectivity index (χ1n) is 6.83. The third-order valence-corrected chi connectivity index (χ3v) is 3.55. The number of furan rings is 1. The van der Waals surface area contributed by atoms with Crippen molar-refractivity contribution in [1.82, 2.24) is 20.0 Å². The average Bonchev–Trinajstić information content (AvgIpc) is 3.20. The van der Waals surface area contributed by atoms with Gasteiger partial charge < -0.3 is 14.2 Å². The fraction of sp³-hybridized carbons (Fsp3) is 0.357. The summed E-state index contributed by atoms with van der Waals surface area (Å²) in [5, 5.41) is 6.60. The van der Waals surface area contributed by atoms with Gasteiger partial charge in [0.15, 0.2) is 5.76 Å². The summed E-state index contributed by atoms with van der Waals surface area (Å²) in [5.74, 6) is 0.261. The first-order valence-corrected chi connectivity index (χ1v) is 6.83. The molecule has 110 valence electrons. The first kappa shape index (κ1) is 13.4. The molecule has 7 nitrogen and oxygen atoms in total. The monoisotopic (exact) mass is 288 g/mol. The van der Waals surface area contributed by atoms with Crippen LogP contribution in [0, 0.1) is 0 Å². The van der Waals surface area contributed by atoms with Crippen LogP contribution in [-0.2, 0) is 11.2 Å². The zero-order chi connectivity index (χ0) is 14.7. The third-order valence-electron chi connectivity index (χ3n) is 3.55. The number of hydrogen-bond donors (Lipinski definition) is 1. The Balaban J connectivity index is 1.53. The van der Waals surface area contributed by atoms with Crippen molar-refractivity contribution in [3.8, 4) is 0 Å². The van der Waals surface area contributed by atoms with E-state index in [0.29, 0.717) is 38.4 Å². The minimum Gasteiger partial charge on any atom is -0.459 e. The van der Waals surface area contributed by atoms with Crippen LogP contribution in [0.3, 0.4) is 0 Å². The highest BCUT2D eigenvalue weighted by atomic mass is 16.3. The quantitative estimate of drug-likeness (QED) is 0.893. The molecule has 2 amide bonds. The van der Waals surface area contributed by atoms with Crippen molar-refractivity contribution in [2.45, 2.75) is 6.42 Å².